The van der Waals surface area contributed by atoms with Crippen molar-refractivity contribution in [3.63, 3.8) is 0 Å². The van der Waals surface area contributed by atoms with E-state index >= 15 is 0 Å². The minimum Gasteiger partial charge on any atom is -0.300 e. The van der Waals surface area contributed by atoms with Crippen LogP contribution in [-0.4, -0.2) is 15.9 Å². The lowest BCUT2D eigenvalue weighted by Crippen LogP contribution is -1.99. The van der Waals surface area contributed by atoms with Gasteiger partial charge in [0.25, 0.3) is 0 Å². The van der Waals surface area contributed by atoms with Crippen molar-refractivity contribution in [2.75, 3.05) is 0 Å². The minimum absolute atomic E-state index is 0.0265. The molecule has 1 heterocycles. The van der Waals surface area contributed by atoms with Crippen molar-refractivity contribution in [2.45, 2.75) is 18.4 Å². The molecule has 0 bridgehead atoms. The van der Waals surface area contributed by atoms with Gasteiger partial charge in [-0.05, 0) is 30.8 Å². The molecule has 0 aliphatic carbocycles. The van der Waals surface area contributed by atoms with Crippen molar-refractivity contribution in [1.29, 1.82) is 0 Å². The van der Waals surface area contributed by atoms with E-state index in [0.29, 0.717) is 5.03 Å². The average Bonchev–Trinajstić information content (AvgIpc) is 2.04. The zero-order chi connectivity index (χ0) is 9.68. The fraction of sp³-hybridized carbons (Fsp3) is 0.222. The van der Waals surface area contributed by atoms with Crippen molar-refractivity contribution in [2.24, 2.45) is 0 Å². The summed E-state index contributed by atoms with van der Waals surface area (Å²) in [4.78, 5) is 25.7. The number of nitrogens with zero attached hydrogens (tertiary/aromatic N) is 1. The Hall–Kier alpha value is -1.16. The second kappa shape index (κ2) is 4.77. The first-order valence-electron chi connectivity index (χ1n) is 3.79. The maximum atomic E-state index is 11.1. The number of pyridine rings is 1. The van der Waals surface area contributed by atoms with E-state index in [-0.39, 0.29) is 17.3 Å². The molecule has 1 aromatic heterocycles. The molecule has 0 radical (unpaired) electrons. The Morgan fingerprint density at radius 1 is 1.46 bits per heavy atom. The second-order valence-electron chi connectivity index (χ2n) is 2.52. The number of aromatic nitrogens is 1. The van der Waals surface area contributed by atoms with Gasteiger partial charge in [0.15, 0.2) is 0 Å². The highest BCUT2D eigenvalue weighted by Crippen LogP contribution is 2.16. The number of carbonyl (C=O) groups excluding carboxylic acids is 2. The van der Waals surface area contributed by atoms with E-state index in [2.05, 4.69) is 4.98 Å². The van der Waals surface area contributed by atoms with Crippen LogP contribution >= 0.6 is 11.8 Å². The molecule has 0 saturated carbocycles. The summed E-state index contributed by atoms with van der Waals surface area (Å²) in [5.74, 6) is -0.117. The van der Waals surface area contributed by atoms with Gasteiger partial charge in [-0.2, -0.15) is 0 Å². The summed E-state index contributed by atoms with van der Waals surface area (Å²) < 4.78 is 0. The van der Waals surface area contributed by atoms with Gasteiger partial charge in [0.05, 0.1) is 6.42 Å². The molecule has 0 aromatic carbocycles. The van der Waals surface area contributed by atoms with E-state index in [1.807, 2.05) is 0 Å². The van der Waals surface area contributed by atoms with E-state index in [0.717, 1.165) is 11.8 Å². The van der Waals surface area contributed by atoms with Crippen LogP contribution in [-0.2, 0) is 9.59 Å². The molecule has 0 amide bonds. The zero-order valence-electron chi connectivity index (χ0n) is 7.19. The van der Waals surface area contributed by atoms with Gasteiger partial charge in [-0.3, -0.25) is 9.59 Å². The van der Waals surface area contributed by atoms with Crippen LogP contribution in [0.15, 0.2) is 29.4 Å². The molecule has 68 valence electrons. The standard InChI is InChI=1S/C9H9NO2S/c1-7(11)6-9(12)13-8-4-2-3-5-10-8/h2-5H,6H2,1H3. The van der Waals surface area contributed by atoms with Gasteiger partial charge in [-0.25, -0.2) is 4.98 Å². The third-order valence-corrected chi connectivity index (χ3v) is 2.07. The Morgan fingerprint density at radius 3 is 2.77 bits per heavy atom. The predicted octanol–water partition coefficient (Wildman–Crippen LogP) is 1.68. The third kappa shape index (κ3) is 3.85. The van der Waals surface area contributed by atoms with Gasteiger partial charge in [0.1, 0.15) is 10.8 Å². The lowest BCUT2D eigenvalue weighted by atomic mass is 10.3. The van der Waals surface area contributed by atoms with Crippen LogP contribution < -0.4 is 0 Å². The molecule has 13 heavy (non-hydrogen) atoms. The summed E-state index contributed by atoms with van der Waals surface area (Å²) in [5.41, 5.74) is 0. The molecular weight excluding hydrogens is 186 g/mol. The largest absolute Gasteiger partial charge is 0.300 e. The molecule has 3 nitrogen and oxygen atoms in total. The smallest absolute Gasteiger partial charge is 0.202 e. The second-order valence-corrected chi connectivity index (χ2v) is 3.60. The van der Waals surface area contributed by atoms with Crippen molar-refractivity contribution < 1.29 is 9.59 Å². The Kier molecular flexibility index (Phi) is 3.64. The fourth-order valence-electron chi connectivity index (χ4n) is 0.763. The average molecular weight is 195 g/mol. The lowest BCUT2D eigenvalue weighted by Gasteiger charge is -1.96. The van der Waals surface area contributed by atoms with Crippen LogP contribution in [0, 0.1) is 0 Å². The van der Waals surface area contributed by atoms with Gasteiger partial charge < -0.3 is 0 Å². The highest BCUT2D eigenvalue weighted by Gasteiger charge is 2.07. The highest BCUT2D eigenvalue weighted by atomic mass is 32.2. The Labute approximate surface area is 80.6 Å². The summed E-state index contributed by atoms with van der Waals surface area (Å²) in [6.45, 7) is 1.40. The summed E-state index contributed by atoms with van der Waals surface area (Å²) in [6.07, 6.45) is 1.59. The van der Waals surface area contributed by atoms with Gasteiger partial charge >= 0.3 is 0 Å². The van der Waals surface area contributed by atoms with Gasteiger partial charge in [-0.1, -0.05) is 6.07 Å². The van der Waals surface area contributed by atoms with Crippen LogP contribution in [0.1, 0.15) is 13.3 Å². The quantitative estimate of drug-likeness (QED) is 0.544. The molecule has 4 heteroatoms. The zero-order valence-corrected chi connectivity index (χ0v) is 8.00. The molecule has 0 aliphatic rings. The van der Waals surface area contributed by atoms with E-state index in [1.54, 1.807) is 24.4 Å². The van der Waals surface area contributed by atoms with E-state index in [9.17, 15) is 9.59 Å². The molecule has 0 N–H and O–H groups in total. The first kappa shape index (κ1) is 9.92. The summed E-state index contributed by atoms with van der Waals surface area (Å²) in [5, 5.41) is 0.472. The van der Waals surface area contributed by atoms with Crippen LogP contribution in [0.25, 0.3) is 0 Å². The summed E-state index contributed by atoms with van der Waals surface area (Å²) >= 11 is 1.00. The monoisotopic (exact) mass is 195 g/mol. The Balaban J connectivity index is 2.50. The van der Waals surface area contributed by atoms with Crippen molar-refractivity contribution in [3.05, 3.63) is 24.4 Å². The number of ketones is 1. The maximum absolute atomic E-state index is 11.1. The summed E-state index contributed by atoms with van der Waals surface area (Å²) in [6, 6.07) is 5.32. The SMILES string of the molecule is CC(=O)CC(=O)Sc1ccccn1. The van der Waals surface area contributed by atoms with Gasteiger partial charge in [0.2, 0.25) is 5.12 Å². The van der Waals surface area contributed by atoms with Crippen LogP contribution in [0.2, 0.25) is 0 Å². The predicted molar refractivity (Wildman–Crippen MR) is 50.4 cm³/mol. The number of carbonyl (C=O) groups is 2. The normalized spacial score (nSPS) is 9.62. The van der Waals surface area contributed by atoms with Crippen molar-refractivity contribution in [3.8, 4) is 0 Å². The van der Waals surface area contributed by atoms with Crippen molar-refractivity contribution in [1.82, 2.24) is 4.98 Å². The van der Waals surface area contributed by atoms with Crippen LogP contribution in [0.3, 0.4) is 0 Å². The minimum atomic E-state index is -0.161. The maximum Gasteiger partial charge on any atom is 0.202 e. The Bertz CT molecular complexity index is 311. The number of Topliss-reactive ketones (excluding diaryl/α,β-unsaturated/α-hetero) is 1. The first-order valence-corrected chi connectivity index (χ1v) is 4.61. The number of hydrogen-bond acceptors (Lipinski definition) is 4. The first-order chi connectivity index (χ1) is 6.18. The Morgan fingerprint density at radius 2 is 2.23 bits per heavy atom. The van der Waals surface area contributed by atoms with Crippen LogP contribution in [0.4, 0.5) is 0 Å². The molecule has 0 spiro atoms. The fourth-order valence-corrected chi connectivity index (χ4v) is 1.53. The molecule has 0 aliphatic heterocycles. The summed E-state index contributed by atoms with van der Waals surface area (Å²) in [7, 11) is 0. The van der Waals surface area contributed by atoms with Crippen molar-refractivity contribution >= 4 is 22.7 Å². The van der Waals surface area contributed by atoms with E-state index in [1.165, 1.54) is 6.92 Å². The number of hydrogen-bond donors (Lipinski definition) is 0. The molecule has 1 aromatic rings. The third-order valence-electron chi connectivity index (χ3n) is 1.25. The van der Waals surface area contributed by atoms with Gasteiger partial charge in [-0.15, -0.1) is 0 Å². The number of rotatable bonds is 3. The molecule has 0 saturated heterocycles. The van der Waals surface area contributed by atoms with E-state index in [4.69, 9.17) is 0 Å². The number of thioether (sulfide) groups is 1. The highest BCUT2D eigenvalue weighted by molar-refractivity contribution is 8.13. The molecule has 0 unspecified atom stereocenters. The van der Waals surface area contributed by atoms with E-state index < -0.39 is 0 Å². The molecule has 0 atom stereocenters. The molecule has 0 fully saturated rings. The topological polar surface area (TPSA) is 47.0 Å². The van der Waals surface area contributed by atoms with Crippen LogP contribution in [0.5, 0.6) is 0 Å². The molecule has 1 rings (SSSR count). The lowest BCUT2D eigenvalue weighted by molar-refractivity contribution is -0.121. The molecular formula is C9H9NO2S. The van der Waals surface area contributed by atoms with Gasteiger partial charge in [0, 0.05) is 6.20 Å².